The Morgan fingerprint density at radius 1 is 0.914 bits per heavy atom. The molecular weight excluding hydrogens is 440 g/mol. The number of hydrogen-bond donors (Lipinski definition) is 1. The Labute approximate surface area is 204 Å². The zero-order chi connectivity index (χ0) is 24.6. The fourth-order valence-electron chi connectivity index (χ4n) is 3.62. The number of anilines is 1. The van der Waals surface area contributed by atoms with E-state index in [9.17, 15) is 10.1 Å². The quantitative estimate of drug-likeness (QED) is 0.256. The van der Waals surface area contributed by atoms with E-state index in [1.165, 1.54) is 6.08 Å². The van der Waals surface area contributed by atoms with Gasteiger partial charge in [0, 0.05) is 11.3 Å². The number of nitriles is 1. The van der Waals surface area contributed by atoms with Crippen LogP contribution in [0, 0.1) is 11.3 Å². The third kappa shape index (κ3) is 5.60. The first-order valence-corrected chi connectivity index (χ1v) is 11.0. The highest BCUT2D eigenvalue weighted by Crippen LogP contribution is 2.32. The van der Waals surface area contributed by atoms with E-state index in [4.69, 9.17) is 14.2 Å². The molecule has 0 heterocycles. The van der Waals surface area contributed by atoms with E-state index in [2.05, 4.69) is 5.32 Å². The highest BCUT2D eigenvalue weighted by molar-refractivity contribution is 6.11. The van der Waals surface area contributed by atoms with Crippen molar-refractivity contribution in [1.82, 2.24) is 0 Å². The maximum atomic E-state index is 12.9. The van der Waals surface area contributed by atoms with Crippen molar-refractivity contribution in [2.24, 2.45) is 0 Å². The van der Waals surface area contributed by atoms with Crippen LogP contribution in [0.25, 0.3) is 16.8 Å². The predicted molar refractivity (Wildman–Crippen MR) is 136 cm³/mol. The number of hydrogen-bond acceptors (Lipinski definition) is 5. The smallest absolute Gasteiger partial charge is 0.266 e. The second-order valence-electron chi connectivity index (χ2n) is 7.69. The van der Waals surface area contributed by atoms with Gasteiger partial charge in [-0.05, 0) is 64.9 Å². The van der Waals surface area contributed by atoms with Gasteiger partial charge in [-0.15, -0.1) is 0 Å². The van der Waals surface area contributed by atoms with Crippen LogP contribution >= 0.6 is 0 Å². The predicted octanol–water partition coefficient (Wildman–Crippen LogP) is 5.98. The third-order valence-electron chi connectivity index (χ3n) is 5.46. The van der Waals surface area contributed by atoms with Crippen molar-refractivity contribution in [3.05, 3.63) is 102 Å². The molecule has 0 fully saturated rings. The minimum Gasteiger partial charge on any atom is -0.497 e. The number of nitrogens with zero attached hydrogens (tertiary/aromatic N) is 1. The van der Waals surface area contributed by atoms with Crippen molar-refractivity contribution in [2.75, 3.05) is 19.5 Å². The molecule has 1 N–H and O–H groups in total. The Bertz CT molecular complexity index is 1400. The normalized spacial score (nSPS) is 10.9. The summed E-state index contributed by atoms with van der Waals surface area (Å²) in [5.74, 6) is 1.37. The van der Waals surface area contributed by atoms with Gasteiger partial charge in [-0.1, -0.05) is 42.5 Å². The van der Waals surface area contributed by atoms with Gasteiger partial charge in [-0.2, -0.15) is 5.26 Å². The van der Waals surface area contributed by atoms with Gasteiger partial charge in [0.2, 0.25) is 0 Å². The van der Waals surface area contributed by atoms with Crippen LogP contribution in [-0.2, 0) is 11.4 Å². The standard InChI is InChI=1S/C29H24N2O4/c1-33-25-12-8-21-9-15-28(34-2)27(26(21)17-25)16-22(18-30)29(32)31-23-10-13-24(14-11-23)35-19-20-6-4-3-5-7-20/h3-17H,19H2,1-2H3,(H,31,32)/b22-16+. The maximum Gasteiger partial charge on any atom is 0.266 e. The lowest BCUT2D eigenvalue weighted by Crippen LogP contribution is -2.13. The molecule has 1 amide bonds. The Morgan fingerprint density at radius 3 is 2.31 bits per heavy atom. The first-order valence-electron chi connectivity index (χ1n) is 11.0. The number of ether oxygens (including phenoxy) is 3. The number of benzene rings is 4. The van der Waals surface area contributed by atoms with Gasteiger partial charge >= 0.3 is 0 Å². The molecule has 0 saturated heterocycles. The number of nitrogens with one attached hydrogen (secondary N) is 1. The lowest BCUT2D eigenvalue weighted by molar-refractivity contribution is -0.112. The Kier molecular flexibility index (Phi) is 7.29. The van der Waals surface area contributed by atoms with Crippen LogP contribution in [0.2, 0.25) is 0 Å². The molecule has 0 aromatic heterocycles. The van der Waals surface area contributed by atoms with Gasteiger partial charge in [-0.25, -0.2) is 0 Å². The Morgan fingerprint density at radius 2 is 1.63 bits per heavy atom. The van der Waals surface area contributed by atoms with Crippen LogP contribution in [-0.4, -0.2) is 20.1 Å². The van der Waals surface area contributed by atoms with Crippen LogP contribution in [0.5, 0.6) is 17.2 Å². The molecule has 6 heteroatoms. The zero-order valence-corrected chi connectivity index (χ0v) is 19.4. The Balaban J connectivity index is 1.54. The molecule has 0 saturated carbocycles. The summed E-state index contributed by atoms with van der Waals surface area (Å²) in [5, 5.41) is 14.2. The summed E-state index contributed by atoms with van der Waals surface area (Å²) in [5.41, 5.74) is 2.19. The summed E-state index contributed by atoms with van der Waals surface area (Å²) in [4.78, 5) is 12.9. The van der Waals surface area contributed by atoms with E-state index >= 15 is 0 Å². The van der Waals surface area contributed by atoms with Crippen molar-refractivity contribution in [1.29, 1.82) is 5.26 Å². The molecule has 0 unspecified atom stereocenters. The number of carbonyl (C=O) groups excluding carboxylic acids is 1. The summed E-state index contributed by atoms with van der Waals surface area (Å²) in [7, 11) is 3.13. The van der Waals surface area contributed by atoms with Gasteiger partial charge in [0.05, 0.1) is 14.2 Å². The van der Waals surface area contributed by atoms with Gasteiger partial charge in [0.25, 0.3) is 5.91 Å². The van der Waals surface area contributed by atoms with Crippen molar-refractivity contribution >= 4 is 28.4 Å². The summed E-state index contributed by atoms with van der Waals surface area (Å²) in [6, 6.07) is 28.2. The molecule has 4 aromatic carbocycles. The second kappa shape index (κ2) is 10.9. The molecule has 4 rings (SSSR count). The molecule has 0 radical (unpaired) electrons. The van der Waals surface area contributed by atoms with Crippen molar-refractivity contribution < 1.29 is 19.0 Å². The average Bonchev–Trinajstić information content (AvgIpc) is 2.91. The van der Waals surface area contributed by atoms with Crippen molar-refractivity contribution in [3.8, 4) is 23.3 Å². The molecular formula is C29H24N2O4. The van der Waals surface area contributed by atoms with E-state index < -0.39 is 5.91 Å². The Hall–Kier alpha value is -4.76. The number of methoxy groups -OCH3 is 2. The molecule has 0 spiro atoms. The minimum atomic E-state index is -0.521. The first-order chi connectivity index (χ1) is 17.1. The molecule has 4 aromatic rings. The zero-order valence-electron chi connectivity index (χ0n) is 19.4. The molecule has 0 atom stereocenters. The highest BCUT2D eigenvalue weighted by atomic mass is 16.5. The van der Waals surface area contributed by atoms with E-state index in [0.717, 1.165) is 16.3 Å². The van der Waals surface area contributed by atoms with Crippen molar-refractivity contribution in [3.63, 3.8) is 0 Å². The number of amides is 1. The first kappa shape index (κ1) is 23.4. The van der Waals surface area contributed by atoms with Gasteiger partial charge in [0.1, 0.15) is 35.5 Å². The van der Waals surface area contributed by atoms with Crippen LogP contribution < -0.4 is 19.5 Å². The van der Waals surface area contributed by atoms with Gasteiger partial charge < -0.3 is 19.5 Å². The highest BCUT2D eigenvalue weighted by Gasteiger charge is 2.14. The van der Waals surface area contributed by atoms with Crippen LogP contribution in [0.1, 0.15) is 11.1 Å². The maximum absolute atomic E-state index is 12.9. The third-order valence-corrected chi connectivity index (χ3v) is 5.46. The number of carbonyl (C=O) groups is 1. The molecule has 0 bridgehead atoms. The average molecular weight is 465 g/mol. The second-order valence-corrected chi connectivity index (χ2v) is 7.69. The largest absolute Gasteiger partial charge is 0.497 e. The molecule has 174 valence electrons. The minimum absolute atomic E-state index is 0.0528. The van der Waals surface area contributed by atoms with Gasteiger partial charge in [0.15, 0.2) is 0 Å². The van der Waals surface area contributed by atoms with E-state index in [-0.39, 0.29) is 5.57 Å². The topological polar surface area (TPSA) is 80.6 Å². The molecule has 0 aliphatic heterocycles. The molecule has 0 aliphatic carbocycles. The molecule has 6 nitrogen and oxygen atoms in total. The van der Waals surface area contributed by atoms with Crippen molar-refractivity contribution in [2.45, 2.75) is 6.61 Å². The molecule has 0 aliphatic rings. The summed E-state index contributed by atoms with van der Waals surface area (Å²) < 4.78 is 16.6. The summed E-state index contributed by atoms with van der Waals surface area (Å²) >= 11 is 0. The number of fused-ring (bicyclic) bond motifs is 1. The fraction of sp³-hybridized carbons (Fsp3) is 0.103. The molecule has 35 heavy (non-hydrogen) atoms. The van der Waals surface area contributed by atoms with Crippen LogP contribution in [0.3, 0.4) is 0 Å². The van der Waals surface area contributed by atoms with E-state index in [0.29, 0.717) is 35.1 Å². The van der Waals surface area contributed by atoms with Crippen LogP contribution in [0.15, 0.2) is 90.5 Å². The summed E-state index contributed by atoms with van der Waals surface area (Å²) in [6.45, 7) is 0.450. The van der Waals surface area contributed by atoms with E-state index in [1.807, 2.05) is 66.7 Å². The lowest BCUT2D eigenvalue weighted by atomic mass is 10.0. The fourth-order valence-corrected chi connectivity index (χ4v) is 3.62. The lowest BCUT2D eigenvalue weighted by Gasteiger charge is -2.11. The van der Waals surface area contributed by atoms with Gasteiger partial charge in [-0.3, -0.25) is 4.79 Å². The summed E-state index contributed by atoms with van der Waals surface area (Å²) in [6.07, 6.45) is 1.54. The SMILES string of the molecule is COc1ccc2ccc(OC)c(/C=C(\C#N)C(=O)Nc3ccc(OCc4ccccc4)cc3)c2c1. The van der Waals surface area contributed by atoms with Crippen LogP contribution in [0.4, 0.5) is 5.69 Å². The van der Waals surface area contributed by atoms with E-state index in [1.54, 1.807) is 38.5 Å². The monoisotopic (exact) mass is 464 g/mol. The number of rotatable bonds is 8.